The van der Waals surface area contributed by atoms with Gasteiger partial charge in [-0.3, -0.25) is 9.58 Å². The third-order valence-corrected chi connectivity index (χ3v) is 3.94. The van der Waals surface area contributed by atoms with E-state index in [9.17, 15) is 0 Å². The van der Waals surface area contributed by atoms with Crippen molar-refractivity contribution in [2.24, 2.45) is 5.73 Å². The molecule has 2 heterocycles. The summed E-state index contributed by atoms with van der Waals surface area (Å²) in [5.41, 5.74) is 8.38. The minimum absolute atomic E-state index is 0.434. The van der Waals surface area contributed by atoms with Crippen LogP contribution in [-0.2, 0) is 6.54 Å². The third-order valence-electron chi connectivity index (χ3n) is 3.94. The van der Waals surface area contributed by atoms with Crippen LogP contribution in [0, 0.1) is 6.92 Å². The lowest BCUT2D eigenvalue weighted by molar-refractivity contribution is 0.144. The van der Waals surface area contributed by atoms with Crippen LogP contribution >= 0.6 is 0 Å². The largest absolute Gasteiger partial charge is 0.329 e. The minimum atomic E-state index is 0.434. The zero-order valence-electron chi connectivity index (χ0n) is 11.9. The maximum Gasteiger partial charge on any atom is 0.0638 e. The molecule has 4 nitrogen and oxygen atoms in total. The highest BCUT2D eigenvalue weighted by Crippen LogP contribution is 2.20. The number of hydrogen-bond acceptors (Lipinski definition) is 3. The molecule has 1 unspecified atom stereocenters. The summed E-state index contributed by atoms with van der Waals surface area (Å²) in [6, 6.07) is 0.990. The highest BCUT2D eigenvalue weighted by Gasteiger charge is 2.22. The van der Waals surface area contributed by atoms with E-state index >= 15 is 0 Å². The van der Waals surface area contributed by atoms with E-state index < -0.39 is 0 Å². The molecule has 2 rings (SSSR count). The molecule has 1 saturated heterocycles. The number of likely N-dealkylation sites (tertiary alicyclic amines) is 1. The lowest BCUT2D eigenvalue weighted by Crippen LogP contribution is -2.43. The number of nitrogens with zero attached hydrogens (tertiary/aromatic N) is 3. The van der Waals surface area contributed by atoms with Crippen molar-refractivity contribution in [1.29, 1.82) is 0 Å². The predicted molar refractivity (Wildman–Crippen MR) is 74.5 cm³/mol. The number of aryl methyl sites for hydroxylation is 1. The molecule has 0 amide bonds. The van der Waals surface area contributed by atoms with Gasteiger partial charge in [0.2, 0.25) is 0 Å². The highest BCUT2D eigenvalue weighted by atomic mass is 15.3. The average Bonchev–Trinajstić information content (AvgIpc) is 2.72. The van der Waals surface area contributed by atoms with Gasteiger partial charge in [0.1, 0.15) is 0 Å². The van der Waals surface area contributed by atoms with Crippen LogP contribution in [0.5, 0.6) is 0 Å². The third kappa shape index (κ3) is 2.93. The van der Waals surface area contributed by atoms with Crippen molar-refractivity contribution in [3.05, 3.63) is 17.5 Å². The van der Waals surface area contributed by atoms with E-state index in [2.05, 4.69) is 41.6 Å². The first-order valence-corrected chi connectivity index (χ1v) is 7.10. The summed E-state index contributed by atoms with van der Waals surface area (Å²) >= 11 is 0. The Hall–Kier alpha value is -0.870. The molecule has 0 aliphatic carbocycles. The summed E-state index contributed by atoms with van der Waals surface area (Å²) in [5, 5.41) is 4.59. The van der Waals surface area contributed by atoms with Crippen LogP contribution in [0.25, 0.3) is 0 Å². The van der Waals surface area contributed by atoms with Gasteiger partial charge in [-0.1, -0.05) is 6.42 Å². The summed E-state index contributed by atoms with van der Waals surface area (Å²) in [5.74, 6) is 0. The second-order valence-corrected chi connectivity index (χ2v) is 5.67. The standard InChI is InChI=1S/C14H26N4/c1-11(2)18-10-13(12(3)16-18)9-17-7-5-4-6-14(17)8-15/h10-11,14H,4-9,15H2,1-3H3. The molecule has 1 aromatic heterocycles. The normalized spacial score (nSPS) is 21.7. The Morgan fingerprint density at radius 2 is 2.22 bits per heavy atom. The molecule has 1 aliphatic rings. The topological polar surface area (TPSA) is 47.1 Å². The van der Waals surface area contributed by atoms with Crippen LogP contribution in [0.2, 0.25) is 0 Å². The number of piperidine rings is 1. The van der Waals surface area contributed by atoms with E-state index in [0.29, 0.717) is 12.1 Å². The van der Waals surface area contributed by atoms with Gasteiger partial charge >= 0.3 is 0 Å². The van der Waals surface area contributed by atoms with Crippen molar-refractivity contribution in [3.8, 4) is 0 Å². The Morgan fingerprint density at radius 1 is 1.44 bits per heavy atom. The lowest BCUT2D eigenvalue weighted by Gasteiger charge is -2.34. The van der Waals surface area contributed by atoms with Crippen LogP contribution in [0.1, 0.15) is 50.4 Å². The average molecular weight is 250 g/mol. The Balaban J connectivity index is 2.07. The molecule has 0 radical (unpaired) electrons. The van der Waals surface area contributed by atoms with E-state index in [1.165, 1.54) is 31.4 Å². The van der Waals surface area contributed by atoms with Crippen molar-refractivity contribution in [3.63, 3.8) is 0 Å². The molecule has 1 fully saturated rings. The molecule has 0 spiro atoms. The number of hydrogen-bond donors (Lipinski definition) is 1. The summed E-state index contributed by atoms with van der Waals surface area (Å²) in [6.07, 6.45) is 6.06. The van der Waals surface area contributed by atoms with Gasteiger partial charge < -0.3 is 5.73 Å². The highest BCUT2D eigenvalue weighted by molar-refractivity contribution is 5.16. The predicted octanol–water partition coefficient (Wildman–Crippen LogP) is 2.09. The summed E-state index contributed by atoms with van der Waals surface area (Å²) < 4.78 is 2.06. The van der Waals surface area contributed by atoms with Gasteiger partial charge in [0.05, 0.1) is 5.69 Å². The van der Waals surface area contributed by atoms with E-state index in [1.54, 1.807) is 0 Å². The fourth-order valence-corrected chi connectivity index (χ4v) is 2.69. The van der Waals surface area contributed by atoms with Gasteiger partial charge in [0.25, 0.3) is 0 Å². The SMILES string of the molecule is Cc1nn(C(C)C)cc1CN1CCCCC1CN. The summed E-state index contributed by atoms with van der Waals surface area (Å²) in [6.45, 7) is 9.39. The molecule has 4 heteroatoms. The van der Waals surface area contributed by atoms with Crippen LogP contribution in [0.15, 0.2) is 6.20 Å². The van der Waals surface area contributed by atoms with Crippen LogP contribution in [-0.4, -0.2) is 33.8 Å². The van der Waals surface area contributed by atoms with Gasteiger partial charge in [-0.2, -0.15) is 5.10 Å². The Labute approximate surface area is 110 Å². The Bertz CT molecular complexity index is 383. The van der Waals surface area contributed by atoms with E-state index in [4.69, 9.17) is 5.73 Å². The van der Waals surface area contributed by atoms with Gasteiger partial charge in [-0.05, 0) is 40.2 Å². The molecule has 1 atom stereocenters. The second kappa shape index (κ2) is 5.85. The fourth-order valence-electron chi connectivity index (χ4n) is 2.69. The second-order valence-electron chi connectivity index (χ2n) is 5.67. The summed E-state index contributed by atoms with van der Waals surface area (Å²) in [4.78, 5) is 2.53. The molecule has 102 valence electrons. The minimum Gasteiger partial charge on any atom is -0.329 e. The molecule has 0 aromatic carbocycles. The maximum absolute atomic E-state index is 5.88. The van der Waals surface area contributed by atoms with Crippen molar-refractivity contribution >= 4 is 0 Å². The van der Waals surface area contributed by atoms with Gasteiger partial charge in [-0.25, -0.2) is 0 Å². The number of rotatable bonds is 4. The van der Waals surface area contributed by atoms with Crippen molar-refractivity contribution in [2.75, 3.05) is 13.1 Å². The van der Waals surface area contributed by atoms with Crippen LogP contribution < -0.4 is 5.73 Å². The fraction of sp³-hybridized carbons (Fsp3) is 0.786. The van der Waals surface area contributed by atoms with Crippen molar-refractivity contribution < 1.29 is 0 Å². The zero-order valence-corrected chi connectivity index (χ0v) is 11.9. The van der Waals surface area contributed by atoms with E-state index in [1.807, 2.05) is 0 Å². The maximum atomic E-state index is 5.88. The molecule has 0 saturated carbocycles. The van der Waals surface area contributed by atoms with Gasteiger partial charge in [-0.15, -0.1) is 0 Å². The molecule has 1 aliphatic heterocycles. The Morgan fingerprint density at radius 3 is 2.83 bits per heavy atom. The first-order chi connectivity index (χ1) is 8.61. The molecule has 2 N–H and O–H groups in total. The molecular weight excluding hydrogens is 224 g/mol. The van der Waals surface area contributed by atoms with E-state index in [-0.39, 0.29) is 0 Å². The zero-order chi connectivity index (χ0) is 13.1. The molecule has 18 heavy (non-hydrogen) atoms. The Kier molecular flexibility index (Phi) is 4.40. The van der Waals surface area contributed by atoms with Crippen LogP contribution in [0.4, 0.5) is 0 Å². The first kappa shape index (κ1) is 13.6. The smallest absolute Gasteiger partial charge is 0.0638 e. The van der Waals surface area contributed by atoms with Gasteiger partial charge in [0.15, 0.2) is 0 Å². The first-order valence-electron chi connectivity index (χ1n) is 7.10. The van der Waals surface area contributed by atoms with Gasteiger partial charge in [0, 0.05) is 36.9 Å². The number of aromatic nitrogens is 2. The number of nitrogens with two attached hydrogens (primary N) is 1. The van der Waals surface area contributed by atoms with Crippen molar-refractivity contribution in [1.82, 2.24) is 14.7 Å². The molecule has 0 bridgehead atoms. The van der Waals surface area contributed by atoms with Crippen molar-refractivity contribution in [2.45, 2.75) is 58.7 Å². The van der Waals surface area contributed by atoms with Crippen LogP contribution in [0.3, 0.4) is 0 Å². The monoisotopic (exact) mass is 250 g/mol. The lowest BCUT2D eigenvalue weighted by atomic mass is 10.0. The molecular formula is C14H26N4. The quantitative estimate of drug-likeness (QED) is 0.890. The van der Waals surface area contributed by atoms with E-state index in [0.717, 1.165) is 18.8 Å². The summed E-state index contributed by atoms with van der Waals surface area (Å²) in [7, 11) is 0. The molecule has 1 aromatic rings.